The molecule has 0 aliphatic heterocycles. The zero-order chi connectivity index (χ0) is 91.3. The summed E-state index contributed by atoms with van der Waals surface area (Å²) in [6, 6.07) is 86.3. The molecular formula is C102H98Cl8O11. The first kappa shape index (κ1) is 111. The molecule has 2 N–H and O–H groups in total. The van der Waals surface area contributed by atoms with E-state index >= 15 is 0 Å². The molecule has 628 valence electrons. The quantitative estimate of drug-likeness (QED) is 0.0381. The fraction of sp³-hybridized carbons (Fsp3) is 0.0882. The zero-order valence-electron chi connectivity index (χ0n) is 68.0. The van der Waals surface area contributed by atoms with E-state index < -0.39 is 26.2 Å². The van der Waals surface area contributed by atoms with Crippen molar-refractivity contribution in [3.63, 3.8) is 0 Å². The lowest BCUT2D eigenvalue weighted by Crippen LogP contribution is -2.00. The van der Waals surface area contributed by atoms with Crippen molar-refractivity contribution in [3.8, 4) is 11.1 Å². The van der Waals surface area contributed by atoms with E-state index in [1.165, 1.54) is 54.3 Å². The van der Waals surface area contributed by atoms with Gasteiger partial charge in [0.2, 0.25) is 5.24 Å². The number of allylic oxidation sites excluding steroid dienone is 1. The molecule has 0 fully saturated rings. The van der Waals surface area contributed by atoms with Gasteiger partial charge in [-0.25, -0.2) is 0 Å². The van der Waals surface area contributed by atoms with Crippen LogP contribution in [0.1, 0.15) is 157 Å². The molecule has 0 aliphatic carbocycles. The van der Waals surface area contributed by atoms with Crippen LogP contribution >= 0.6 is 92.8 Å². The minimum Gasteiger partial charge on any atom is -0.397 e. The van der Waals surface area contributed by atoms with Crippen LogP contribution in [0.15, 0.2) is 338 Å². The molecule has 11 nitrogen and oxygen atoms in total. The van der Waals surface area contributed by atoms with Crippen molar-refractivity contribution >= 4 is 207 Å². The monoisotopic (exact) mass is 1780 g/mol. The number of carbonyl (C=O) groups is 9. The van der Waals surface area contributed by atoms with Gasteiger partial charge in [0.05, 0.1) is 6.61 Å². The molecule has 0 saturated carbocycles. The Bertz CT molecular complexity index is 4820. The summed E-state index contributed by atoms with van der Waals surface area (Å²) in [6.45, 7) is 38.6. The Labute approximate surface area is 752 Å². The molecule has 19 heteroatoms. The Balaban J connectivity index is 0. The zero-order valence-corrected chi connectivity index (χ0v) is 74.0. The van der Waals surface area contributed by atoms with E-state index in [1.807, 2.05) is 172 Å². The summed E-state index contributed by atoms with van der Waals surface area (Å²) in [4.78, 5) is 92.9. The van der Waals surface area contributed by atoms with Crippen LogP contribution in [0.3, 0.4) is 0 Å². The van der Waals surface area contributed by atoms with Crippen molar-refractivity contribution in [2.24, 2.45) is 0 Å². The molecular weight excluding hydrogens is 1680 g/mol. The average molecular weight is 1780 g/mol. The van der Waals surface area contributed by atoms with E-state index in [-0.39, 0.29) is 35.1 Å². The highest BCUT2D eigenvalue weighted by Gasteiger charge is 2.14. The van der Waals surface area contributed by atoms with Crippen LogP contribution in [0.2, 0.25) is 0 Å². The van der Waals surface area contributed by atoms with Crippen LogP contribution in [0.5, 0.6) is 0 Å². The molecule has 12 aromatic carbocycles. The second-order valence-corrected chi connectivity index (χ2v) is 26.3. The van der Waals surface area contributed by atoms with Gasteiger partial charge >= 0.3 is 0 Å². The maximum absolute atomic E-state index is 11.1. The van der Waals surface area contributed by atoms with Gasteiger partial charge in [-0.1, -0.05) is 356 Å². The molecule has 12 rings (SSSR count). The number of hydrogen-bond acceptors (Lipinski definition) is 11. The van der Waals surface area contributed by atoms with Crippen LogP contribution in [0.25, 0.3) is 75.2 Å². The minimum absolute atomic E-state index is 0.00725. The van der Waals surface area contributed by atoms with Crippen molar-refractivity contribution < 1.29 is 53.4 Å². The molecule has 0 unspecified atom stereocenters. The van der Waals surface area contributed by atoms with Crippen molar-refractivity contribution in [2.75, 3.05) is 12.5 Å². The highest BCUT2D eigenvalue weighted by Crippen LogP contribution is 2.33. The topological polar surface area (TPSA) is 194 Å². The molecule has 0 aliphatic rings. The fourth-order valence-electron chi connectivity index (χ4n) is 9.32. The third-order valence-electron chi connectivity index (χ3n) is 14.7. The summed E-state index contributed by atoms with van der Waals surface area (Å²) in [5, 5.41) is 16.2. The van der Waals surface area contributed by atoms with Gasteiger partial charge in [0.25, 0.3) is 26.2 Å². The first-order valence-corrected chi connectivity index (χ1v) is 39.9. The molecule has 0 bridgehead atoms. The number of aliphatic hydroxyl groups is 2. The number of rotatable bonds is 17. The molecule has 0 saturated heterocycles. The normalized spacial score (nSPS) is 8.98. The van der Waals surface area contributed by atoms with Gasteiger partial charge in [-0.2, -0.15) is 0 Å². The van der Waals surface area contributed by atoms with Gasteiger partial charge in [-0.15, -0.1) is 29.8 Å². The number of hydrogen-bond donors (Lipinski definition) is 2. The fourth-order valence-corrected chi connectivity index (χ4v) is 10.1. The number of halogens is 8. The third-order valence-corrected chi connectivity index (χ3v) is 16.1. The van der Waals surface area contributed by atoms with Crippen molar-refractivity contribution in [2.45, 2.75) is 47.1 Å². The molecule has 0 spiro atoms. The van der Waals surface area contributed by atoms with Gasteiger partial charge in [0.15, 0.2) is 6.29 Å². The summed E-state index contributed by atoms with van der Waals surface area (Å²) in [6.07, 6.45) is 17.1. The average Bonchev–Trinajstić information content (AvgIpc) is 0.772. The van der Waals surface area contributed by atoms with E-state index in [4.69, 9.17) is 96.2 Å². The second kappa shape index (κ2) is 70.2. The summed E-state index contributed by atoms with van der Waals surface area (Å²) in [5.74, 6) is 1.33. The van der Waals surface area contributed by atoms with Crippen LogP contribution < -0.4 is 0 Å². The highest BCUT2D eigenvalue weighted by molar-refractivity contribution is 6.71. The summed E-state index contributed by atoms with van der Waals surface area (Å²) in [5.41, 5.74) is 14.7. The summed E-state index contributed by atoms with van der Waals surface area (Å²) >= 11 is 41.4. The largest absolute Gasteiger partial charge is 0.397 e. The van der Waals surface area contributed by atoms with Crippen LogP contribution in [0, 0.1) is 0 Å². The number of benzene rings is 12. The Morgan fingerprint density at radius 3 is 0.843 bits per heavy atom. The van der Waals surface area contributed by atoms with E-state index in [1.54, 1.807) is 85.8 Å². The number of aldehydes is 3. The SMILES string of the molecule is C=CC.C=Cc1ccc(-c2ccc(C=C)cc2)cc1.C=Cc1ccc(C=C)c2c(C=C)ccc(C=C)c12.C=Cc1ccccc1.CC(=O)Cl.CC=O.CCCl.CCO.ClCc1ccccc1.O=C(Cl)c1cc(C(=O)Cl)cc(C(=O)Cl)c1.O=C(Cl)c1ccccc1.O=Cc1cccc2c(C(=O)Cl)cccc12.O=Cc1ccccc1.OCc1ccccc1. The van der Waals surface area contributed by atoms with E-state index in [9.17, 15) is 38.4 Å². The standard InChI is InChI=1S/C18H16.C16H14.C12H7ClO2.C9H3Cl3O3.C8H8.C7H5ClO.C7H7Cl.C7H8O.C7H6O.C3H6.C2H3ClO.C2H5Cl.C2H6O.C2H4O/c1-5-13-9-10-15(7-3)18-16(8-4)12-11-14(6-2)17(13)18;1-3-13-5-9-15(10-6-13)16-11-7-14(4-2)8-12-16;13-12(15)11-6-2-4-9-8(7-14)3-1-5-10(9)11;10-7(13)4-1-5(8(11)14)3-6(2-4)9(12)15;1-2-8-6-4-3-5-7-8;8-7(9)6-4-2-1-3-5-6;3*8-6-7-4-2-1-3-5-7;1-3-2;1-2(3)4;3*1-2-3/h5-12H,1-4H2;3-12H,1-2H2;1-7H;1-3H;2-7H,1H2;1-5H;1-5H,6H2;1-5,8H,6H2;1-6H;3H,1H2,2H3;1H3;2H2,1H3;3H,2H2,1H3;2H,1H3. The predicted octanol–water partition coefficient (Wildman–Crippen LogP) is 28.8. The Kier molecular flexibility index (Phi) is 64.6. The van der Waals surface area contributed by atoms with E-state index in [0.717, 1.165) is 85.4 Å². The molecule has 12 aromatic rings. The van der Waals surface area contributed by atoms with Crippen LogP contribution in [-0.2, 0) is 22.1 Å². The van der Waals surface area contributed by atoms with Gasteiger partial charge in [-0.3, -0.25) is 38.4 Å². The number of aliphatic hydroxyl groups excluding tert-OH is 2. The number of fused-ring (bicyclic) bond motifs is 2. The maximum atomic E-state index is 11.1. The molecule has 0 radical (unpaired) electrons. The highest BCUT2D eigenvalue weighted by atomic mass is 35.5. The summed E-state index contributed by atoms with van der Waals surface area (Å²) < 4.78 is 0. The van der Waals surface area contributed by atoms with E-state index in [0.29, 0.717) is 28.0 Å². The maximum Gasteiger partial charge on any atom is 0.253 e. The predicted molar refractivity (Wildman–Crippen MR) is 520 cm³/mol. The minimum atomic E-state index is -0.797. The van der Waals surface area contributed by atoms with E-state index in [2.05, 4.69) is 137 Å². The second-order valence-electron chi connectivity index (χ2n) is 23.2. The molecule has 0 heterocycles. The first-order valence-electron chi connectivity index (χ1n) is 36.6. The lowest BCUT2D eigenvalue weighted by Gasteiger charge is -2.12. The Morgan fingerprint density at radius 2 is 0.612 bits per heavy atom. The van der Waals surface area contributed by atoms with Gasteiger partial charge < -0.3 is 15.0 Å². The molecule has 0 aromatic heterocycles. The van der Waals surface area contributed by atoms with Crippen LogP contribution in [0.4, 0.5) is 0 Å². The number of alkyl halides is 2. The van der Waals surface area contributed by atoms with Crippen molar-refractivity contribution in [1.29, 1.82) is 0 Å². The Hall–Kier alpha value is -11.7. The lowest BCUT2D eigenvalue weighted by molar-refractivity contribution is -0.110. The van der Waals surface area contributed by atoms with Gasteiger partial charge in [-0.05, 0) is 197 Å². The first-order chi connectivity index (χ1) is 58.2. The Morgan fingerprint density at radius 1 is 0.331 bits per heavy atom. The summed E-state index contributed by atoms with van der Waals surface area (Å²) in [7, 11) is 0. The lowest BCUT2D eigenvalue weighted by atomic mass is 9.91. The third kappa shape index (κ3) is 47.7. The van der Waals surface area contributed by atoms with Gasteiger partial charge in [0.1, 0.15) is 12.6 Å². The van der Waals surface area contributed by atoms with Crippen molar-refractivity contribution in [3.05, 3.63) is 427 Å². The molecule has 0 amide bonds. The molecule has 0 atom stereocenters. The van der Waals surface area contributed by atoms with Gasteiger partial charge in [0, 0.05) is 64.2 Å². The van der Waals surface area contributed by atoms with Crippen LogP contribution in [-0.4, -0.2) is 73.0 Å². The van der Waals surface area contributed by atoms with Crippen molar-refractivity contribution in [1.82, 2.24) is 0 Å². The smallest absolute Gasteiger partial charge is 0.253 e. The number of carbonyl (C=O) groups excluding carboxylic acids is 9. The molecule has 121 heavy (non-hydrogen) atoms.